The molecule has 0 bridgehead atoms. The number of hydrogen-bond acceptors (Lipinski definition) is 4. The number of nitrogens with zero attached hydrogens (tertiary/aromatic N) is 2. The molecule has 1 unspecified atom stereocenters. The Morgan fingerprint density at radius 2 is 2.12 bits per heavy atom. The van der Waals surface area contributed by atoms with Crippen LogP contribution in [0.15, 0.2) is 15.4 Å². The van der Waals surface area contributed by atoms with Crippen molar-refractivity contribution in [1.29, 1.82) is 0 Å². The van der Waals surface area contributed by atoms with Crippen molar-refractivity contribution in [3.8, 4) is 0 Å². The molecule has 0 aliphatic rings. The maximum atomic E-state index is 11.4. The largest absolute Gasteiger partial charge is 0.481 e. The summed E-state index contributed by atoms with van der Waals surface area (Å²) in [5.41, 5.74) is 0. The number of carboxylic acids is 1. The van der Waals surface area contributed by atoms with Crippen LogP contribution >= 0.6 is 31.9 Å². The van der Waals surface area contributed by atoms with Gasteiger partial charge in [-0.15, -0.1) is 0 Å². The maximum absolute atomic E-state index is 11.4. The first-order valence-electron chi connectivity index (χ1n) is 4.13. The van der Waals surface area contributed by atoms with Crippen LogP contribution in [0.2, 0.25) is 0 Å². The Kier molecular flexibility index (Phi) is 4.36. The number of rotatable bonds is 3. The molecule has 0 aromatic carbocycles. The second-order valence-corrected chi connectivity index (χ2v) is 4.44. The van der Waals surface area contributed by atoms with Gasteiger partial charge in [0, 0.05) is 0 Å². The molecule has 8 heteroatoms. The van der Waals surface area contributed by atoms with Crippen LogP contribution in [0.5, 0.6) is 0 Å². The summed E-state index contributed by atoms with van der Waals surface area (Å²) in [5, 5.41) is 11.0. The van der Waals surface area contributed by atoms with E-state index in [0.29, 0.717) is 9.21 Å². The highest BCUT2D eigenvalue weighted by Gasteiger charge is 2.21. The topological polar surface area (TPSA) is 92.2 Å². The monoisotopic (exact) mass is 351 g/mol. The lowest BCUT2D eigenvalue weighted by molar-refractivity contribution is -0.144. The summed E-state index contributed by atoms with van der Waals surface area (Å²) < 4.78 is 0.830. The van der Waals surface area contributed by atoms with Crippen molar-refractivity contribution in [2.75, 3.05) is 5.32 Å². The highest BCUT2D eigenvalue weighted by atomic mass is 79.9. The number of carboxylic acid groups (broad SMARTS) is 1. The second kappa shape index (κ2) is 5.35. The Balaban J connectivity index is 2.81. The number of aliphatic carboxylic acids is 1. The van der Waals surface area contributed by atoms with Crippen LogP contribution in [0.4, 0.5) is 5.82 Å². The summed E-state index contributed by atoms with van der Waals surface area (Å²) in [7, 11) is 0. The van der Waals surface area contributed by atoms with E-state index in [0.717, 1.165) is 0 Å². The van der Waals surface area contributed by atoms with Gasteiger partial charge in [-0.1, -0.05) is 0 Å². The van der Waals surface area contributed by atoms with E-state index in [9.17, 15) is 9.59 Å². The molecule has 0 saturated carbocycles. The van der Waals surface area contributed by atoms with Crippen molar-refractivity contribution >= 4 is 49.6 Å². The fourth-order valence-electron chi connectivity index (χ4n) is 0.768. The van der Waals surface area contributed by atoms with E-state index in [2.05, 4.69) is 47.1 Å². The predicted octanol–water partition coefficient (Wildman–Crippen LogP) is 1.66. The molecule has 0 aliphatic heterocycles. The molecule has 1 atom stereocenters. The molecule has 2 N–H and O–H groups in total. The number of carbonyl (C=O) groups excluding carboxylic acids is 1. The Labute approximate surface area is 108 Å². The van der Waals surface area contributed by atoms with Crippen molar-refractivity contribution in [2.24, 2.45) is 5.92 Å². The van der Waals surface area contributed by atoms with E-state index >= 15 is 0 Å². The van der Waals surface area contributed by atoms with Gasteiger partial charge < -0.3 is 10.4 Å². The first-order valence-corrected chi connectivity index (χ1v) is 5.72. The highest BCUT2D eigenvalue weighted by molar-refractivity contribution is 9.11. The molecular weight excluding hydrogens is 346 g/mol. The summed E-state index contributed by atoms with van der Waals surface area (Å²) in [4.78, 5) is 29.8. The van der Waals surface area contributed by atoms with E-state index in [1.54, 1.807) is 0 Å². The van der Waals surface area contributed by atoms with Crippen molar-refractivity contribution in [2.45, 2.75) is 6.92 Å². The van der Waals surface area contributed by atoms with Gasteiger partial charge in [-0.3, -0.25) is 9.59 Å². The molecule has 1 heterocycles. The molecule has 0 spiro atoms. The minimum Gasteiger partial charge on any atom is -0.481 e. The summed E-state index contributed by atoms with van der Waals surface area (Å²) >= 11 is 6.20. The van der Waals surface area contributed by atoms with E-state index < -0.39 is 17.8 Å². The van der Waals surface area contributed by atoms with Crippen LogP contribution in [0.25, 0.3) is 0 Å². The minimum atomic E-state index is -1.20. The van der Waals surface area contributed by atoms with E-state index in [-0.39, 0.29) is 5.82 Å². The van der Waals surface area contributed by atoms with Gasteiger partial charge in [-0.25, -0.2) is 9.97 Å². The summed E-state index contributed by atoms with van der Waals surface area (Å²) in [6.45, 7) is 1.29. The number of aromatic nitrogens is 2. The lowest BCUT2D eigenvalue weighted by Gasteiger charge is -2.08. The van der Waals surface area contributed by atoms with Crippen LogP contribution in [-0.4, -0.2) is 27.0 Å². The predicted molar refractivity (Wildman–Crippen MR) is 62.9 cm³/mol. The van der Waals surface area contributed by atoms with Gasteiger partial charge in [-0.2, -0.15) is 0 Å². The summed E-state index contributed by atoms with van der Waals surface area (Å²) in [6, 6.07) is 0. The third-order valence-corrected chi connectivity index (χ3v) is 2.64. The van der Waals surface area contributed by atoms with Gasteiger partial charge in [0.25, 0.3) is 0 Å². The summed E-state index contributed by atoms with van der Waals surface area (Å²) in [5.74, 6) is -2.80. The number of anilines is 1. The van der Waals surface area contributed by atoms with Gasteiger partial charge in [0.15, 0.2) is 5.82 Å². The highest BCUT2D eigenvalue weighted by Crippen LogP contribution is 2.19. The van der Waals surface area contributed by atoms with E-state index in [4.69, 9.17) is 5.11 Å². The fourth-order valence-corrected chi connectivity index (χ4v) is 1.68. The Hall–Kier alpha value is -1.02. The van der Waals surface area contributed by atoms with Crippen LogP contribution in [0.1, 0.15) is 6.92 Å². The molecular formula is C8H7Br2N3O3. The van der Waals surface area contributed by atoms with Crippen LogP contribution in [-0.2, 0) is 9.59 Å². The Bertz CT molecular complexity index is 439. The fraction of sp³-hybridized carbons (Fsp3) is 0.250. The lowest BCUT2D eigenvalue weighted by Crippen LogP contribution is -2.27. The normalized spacial score (nSPS) is 11.9. The van der Waals surface area contributed by atoms with E-state index in [1.165, 1.54) is 13.1 Å². The number of amides is 1. The molecule has 6 nitrogen and oxygen atoms in total. The molecule has 1 aromatic rings. The van der Waals surface area contributed by atoms with Crippen molar-refractivity contribution in [1.82, 2.24) is 9.97 Å². The van der Waals surface area contributed by atoms with Gasteiger partial charge >= 0.3 is 5.97 Å². The number of nitrogens with one attached hydrogen (secondary N) is 1. The second-order valence-electron chi connectivity index (χ2n) is 2.88. The van der Waals surface area contributed by atoms with Crippen molar-refractivity contribution < 1.29 is 14.7 Å². The number of hydrogen-bond donors (Lipinski definition) is 2. The third-order valence-electron chi connectivity index (χ3n) is 1.71. The molecule has 1 rings (SSSR count). The molecule has 0 aliphatic carbocycles. The Morgan fingerprint density at radius 1 is 1.50 bits per heavy atom. The zero-order valence-corrected chi connectivity index (χ0v) is 11.2. The first-order chi connectivity index (χ1) is 7.41. The maximum Gasteiger partial charge on any atom is 0.315 e. The lowest BCUT2D eigenvalue weighted by atomic mass is 10.2. The van der Waals surface area contributed by atoms with Gasteiger partial charge in [0.05, 0.1) is 6.20 Å². The standard InChI is InChI=1S/C8H7Br2N3O3/c1-3(8(15)16)7(14)13-6-5(10)12-4(9)2-11-6/h2-3H,1H3,(H,15,16)(H,11,13,14). The molecule has 0 saturated heterocycles. The van der Waals surface area contributed by atoms with Gasteiger partial charge in [-0.05, 0) is 38.8 Å². The summed E-state index contributed by atoms with van der Waals surface area (Å²) in [6.07, 6.45) is 1.39. The smallest absolute Gasteiger partial charge is 0.315 e. The molecule has 1 aromatic heterocycles. The minimum absolute atomic E-state index is 0.182. The molecule has 16 heavy (non-hydrogen) atoms. The third kappa shape index (κ3) is 3.24. The molecule has 0 radical (unpaired) electrons. The number of halogens is 2. The van der Waals surface area contributed by atoms with E-state index in [1.807, 2.05) is 0 Å². The van der Waals surface area contributed by atoms with Crippen molar-refractivity contribution in [3.05, 3.63) is 15.4 Å². The molecule has 86 valence electrons. The quantitative estimate of drug-likeness (QED) is 0.807. The molecule has 0 fully saturated rings. The van der Waals surface area contributed by atoms with Gasteiger partial charge in [0.1, 0.15) is 15.1 Å². The first kappa shape index (κ1) is 13.0. The van der Waals surface area contributed by atoms with Crippen molar-refractivity contribution in [3.63, 3.8) is 0 Å². The Morgan fingerprint density at radius 3 is 2.62 bits per heavy atom. The zero-order chi connectivity index (χ0) is 12.3. The van der Waals surface area contributed by atoms with Crippen LogP contribution in [0, 0.1) is 5.92 Å². The SMILES string of the molecule is CC(C(=O)O)C(=O)Nc1ncc(Br)nc1Br. The van der Waals surface area contributed by atoms with Crippen LogP contribution < -0.4 is 5.32 Å². The van der Waals surface area contributed by atoms with Gasteiger partial charge in [0.2, 0.25) is 5.91 Å². The number of carbonyl (C=O) groups is 2. The zero-order valence-electron chi connectivity index (χ0n) is 8.07. The molecule has 1 amide bonds. The van der Waals surface area contributed by atoms with Crippen LogP contribution in [0.3, 0.4) is 0 Å². The average molecular weight is 353 g/mol. The average Bonchev–Trinajstić information content (AvgIpc) is 2.20.